The molecule has 116 valence electrons. The topological polar surface area (TPSA) is 75.3 Å². The summed E-state index contributed by atoms with van der Waals surface area (Å²) in [6.45, 7) is 10.8. The quantitative estimate of drug-likeness (QED) is 0.888. The van der Waals surface area contributed by atoms with E-state index in [1.807, 2.05) is 38.7 Å². The predicted molar refractivity (Wildman–Crippen MR) is 83.1 cm³/mol. The van der Waals surface area contributed by atoms with Gasteiger partial charge in [-0.05, 0) is 19.8 Å². The van der Waals surface area contributed by atoms with E-state index < -0.39 is 6.04 Å². The molecule has 1 saturated heterocycles. The fraction of sp³-hybridized carbons (Fsp3) is 0.667. The number of nitrogens with zero attached hydrogens (tertiary/aromatic N) is 4. The third-order valence-electron chi connectivity index (χ3n) is 3.87. The van der Waals surface area contributed by atoms with Crippen LogP contribution in [0.1, 0.15) is 25.4 Å². The van der Waals surface area contributed by atoms with Crippen LogP contribution in [0.25, 0.3) is 0 Å². The minimum Gasteiger partial charge on any atom is -0.353 e. The molecule has 1 aliphatic heterocycles. The fourth-order valence-electron chi connectivity index (χ4n) is 2.51. The van der Waals surface area contributed by atoms with Crippen LogP contribution in [-0.4, -0.2) is 53.0 Å². The minimum absolute atomic E-state index is 0.0553. The van der Waals surface area contributed by atoms with Crippen LogP contribution in [-0.2, 0) is 4.79 Å². The number of hydrogen-bond donors (Lipinski definition) is 1. The number of aryl methyl sites for hydroxylation is 2. The van der Waals surface area contributed by atoms with E-state index in [2.05, 4.69) is 14.9 Å². The molecule has 0 radical (unpaired) electrons. The smallest absolute Gasteiger partial charge is 0.239 e. The number of hydrogen-bond acceptors (Lipinski definition) is 5. The third-order valence-corrected chi connectivity index (χ3v) is 3.87. The summed E-state index contributed by atoms with van der Waals surface area (Å²) in [5, 5.41) is 0. The van der Waals surface area contributed by atoms with Gasteiger partial charge in [0.15, 0.2) is 0 Å². The van der Waals surface area contributed by atoms with Crippen LogP contribution in [0.5, 0.6) is 0 Å². The van der Waals surface area contributed by atoms with Crippen molar-refractivity contribution in [1.29, 1.82) is 0 Å². The molecule has 2 rings (SSSR count). The van der Waals surface area contributed by atoms with Gasteiger partial charge in [-0.2, -0.15) is 0 Å². The average molecular weight is 291 g/mol. The summed E-state index contributed by atoms with van der Waals surface area (Å²) >= 11 is 0. The van der Waals surface area contributed by atoms with Gasteiger partial charge in [0.1, 0.15) is 11.6 Å². The molecular weight excluding hydrogens is 266 g/mol. The molecule has 1 aliphatic rings. The fourth-order valence-corrected chi connectivity index (χ4v) is 2.51. The van der Waals surface area contributed by atoms with E-state index in [4.69, 9.17) is 5.73 Å². The van der Waals surface area contributed by atoms with Crippen LogP contribution >= 0.6 is 0 Å². The number of anilines is 1. The number of carbonyl (C=O) groups is 1. The molecule has 0 aliphatic carbocycles. The highest BCUT2D eigenvalue weighted by molar-refractivity contribution is 5.82. The molecule has 2 heterocycles. The maximum atomic E-state index is 12.2. The number of rotatable bonds is 3. The van der Waals surface area contributed by atoms with Crippen molar-refractivity contribution in [3.8, 4) is 0 Å². The van der Waals surface area contributed by atoms with Gasteiger partial charge in [0.2, 0.25) is 5.91 Å². The highest BCUT2D eigenvalue weighted by Gasteiger charge is 2.27. The zero-order chi connectivity index (χ0) is 15.6. The van der Waals surface area contributed by atoms with E-state index in [-0.39, 0.29) is 11.8 Å². The molecule has 6 heteroatoms. The summed E-state index contributed by atoms with van der Waals surface area (Å²) in [6.07, 6.45) is 0. The van der Waals surface area contributed by atoms with E-state index in [1.54, 1.807) is 0 Å². The minimum atomic E-state index is -0.403. The average Bonchev–Trinajstić information content (AvgIpc) is 2.44. The Morgan fingerprint density at radius 1 is 1.19 bits per heavy atom. The van der Waals surface area contributed by atoms with Crippen molar-refractivity contribution < 1.29 is 4.79 Å². The van der Waals surface area contributed by atoms with Crippen LogP contribution < -0.4 is 10.6 Å². The van der Waals surface area contributed by atoms with Crippen LogP contribution in [0.15, 0.2) is 6.07 Å². The molecule has 0 saturated carbocycles. The summed E-state index contributed by atoms with van der Waals surface area (Å²) in [7, 11) is 0. The molecule has 2 N–H and O–H groups in total. The zero-order valence-corrected chi connectivity index (χ0v) is 13.3. The number of piperazine rings is 1. The lowest BCUT2D eigenvalue weighted by molar-refractivity contribution is -0.133. The molecule has 0 unspecified atom stereocenters. The van der Waals surface area contributed by atoms with E-state index >= 15 is 0 Å². The van der Waals surface area contributed by atoms with Gasteiger partial charge >= 0.3 is 0 Å². The largest absolute Gasteiger partial charge is 0.353 e. The number of aromatic nitrogens is 2. The van der Waals surface area contributed by atoms with E-state index in [9.17, 15) is 4.79 Å². The first kappa shape index (κ1) is 15.7. The van der Waals surface area contributed by atoms with Crippen molar-refractivity contribution in [2.24, 2.45) is 11.7 Å². The second kappa shape index (κ2) is 6.39. The third kappa shape index (κ3) is 3.69. The Morgan fingerprint density at radius 3 is 2.33 bits per heavy atom. The molecular formula is C15H25N5O. The maximum Gasteiger partial charge on any atom is 0.239 e. The number of carbonyl (C=O) groups excluding carboxylic acids is 1. The monoisotopic (exact) mass is 291 g/mol. The van der Waals surface area contributed by atoms with Crippen molar-refractivity contribution in [2.75, 3.05) is 31.1 Å². The van der Waals surface area contributed by atoms with Crippen molar-refractivity contribution in [2.45, 2.75) is 33.7 Å². The molecule has 0 bridgehead atoms. The van der Waals surface area contributed by atoms with Crippen molar-refractivity contribution in [3.63, 3.8) is 0 Å². The lowest BCUT2D eigenvalue weighted by atomic mass is 10.0. The van der Waals surface area contributed by atoms with Crippen molar-refractivity contribution in [1.82, 2.24) is 14.9 Å². The molecule has 6 nitrogen and oxygen atoms in total. The molecule has 1 amide bonds. The van der Waals surface area contributed by atoms with Crippen LogP contribution in [0.3, 0.4) is 0 Å². The van der Waals surface area contributed by atoms with Gasteiger partial charge in [0.05, 0.1) is 6.04 Å². The molecule has 0 spiro atoms. The summed E-state index contributed by atoms with van der Waals surface area (Å²) in [4.78, 5) is 25.1. The van der Waals surface area contributed by atoms with Gasteiger partial charge < -0.3 is 15.5 Å². The van der Waals surface area contributed by atoms with Crippen LogP contribution in [0.4, 0.5) is 5.82 Å². The van der Waals surface area contributed by atoms with Crippen LogP contribution in [0, 0.1) is 19.8 Å². The second-order valence-electron chi connectivity index (χ2n) is 6.00. The summed E-state index contributed by atoms with van der Waals surface area (Å²) in [5.74, 6) is 1.95. The molecule has 1 aromatic rings. The van der Waals surface area contributed by atoms with Gasteiger partial charge in [-0.3, -0.25) is 4.79 Å². The Hall–Kier alpha value is -1.69. The normalized spacial score (nSPS) is 17.2. The van der Waals surface area contributed by atoms with E-state index in [0.29, 0.717) is 13.1 Å². The summed E-state index contributed by atoms with van der Waals surface area (Å²) in [5.41, 5.74) is 6.92. The zero-order valence-electron chi connectivity index (χ0n) is 13.3. The Morgan fingerprint density at radius 2 is 1.81 bits per heavy atom. The van der Waals surface area contributed by atoms with E-state index in [1.165, 1.54) is 0 Å². The van der Waals surface area contributed by atoms with Gasteiger partial charge in [0, 0.05) is 37.9 Å². The van der Waals surface area contributed by atoms with Gasteiger partial charge in [-0.25, -0.2) is 9.97 Å². The Balaban J connectivity index is 1.98. The summed E-state index contributed by atoms with van der Waals surface area (Å²) in [6, 6.07) is 1.59. The second-order valence-corrected chi connectivity index (χ2v) is 6.00. The molecule has 0 aromatic carbocycles. The number of amides is 1. The molecule has 21 heavy (non-hydrogen) atoms. The molecule has 1 atom stereocenters. The Labute approximate surface area is 126 Å². The van der Waals surface area contributed by atoms with Crippen LogP contribution in [0.2, 0.25) is 0 Å². The maximum absolute atomic E-state index is 12.2. The highest BCUT2D eigenvalue weighted by atomic mass is 16.2. The first-order valence-electron chi connectivity index (χ1n) is 7.50. The Bertz CT molecular complexity index is 489. The molecule has 1 fully saturated rings. The van der Waals surface area contributed by atoms with E-state index in [0.717, 1.165) is 30.4 Å². The van der Waals surface area contributed by atoms with Crippen molar-refractivity contribution in [3.05, 3.63) is 17.6 Å². The Kier molecular flexibility index (Phi) is 4.77. The predicted octanol–water partition coefficient (Wildman–Crippen LogP) is 0.725. The first-order chi connectivity index (χ1) is 9.88. The summed E-state index contributed by atoms with van der Waals surface area (Å²) < 4.78 is 0. The van der Waals surface area contributed by atoms with Crippen molar-refractivity contribution >= 4 is 11.7 Å². The van der Waals surface area contributed by atoms with Gasteiger partial charge in [-0.1, -0.05) is 13.8 Å². The lowest BCUT2D eigenvalue weighted by Gasteiger charge is -2.37. The molecule has 1 aromatic heterocycles. The first-order valence-corrected chi connectivity index (χ1v) is 7.50. The van der Waals surface area contributed by atoms with Gasteiger partial charge in [0.25, 0.3) is 0 Å². The standard InChI is InChI=1S/C15H25N5O/c1-10(2)14(16)15(21)20-7-5-19(6-8-20)13-9-11(3)17-12(4)18-13/h9-10,14H,5-8,16H2,1-4H3/t14-/m0/s1. The lowest BCUT2D eigenvalue weighted by Crippen LogP contribution is -2.54. The number of nitrogens with two attached hydrogens (primary N) is 1. The van der Waals surface area contributed by atoms with Gasteiger partial charge in [-0.15, -0.1) is 0 Å². The SMILES string of the molecule is Cc1cc(N2CCN(C(=O)[C@@H](N)C(C)C)CC2)nc(C)n1. The highest BCUT2D eigenvalue weighted by Crippen LogP contribution is 2.16.